The molecule has 0 fully saturated rings. The maximum Gasteiger partial charge on any atom is 0.337 e. The van der Waals surface area contributed by atoms with Crippen LogP contribution >= 0.6 is 15.9 Å². The lowest BCUT2D eigenvalue weighted by atomic mass is 10.0. The van der Waals surface area contributed by atoms with Crippen molar-refractivity contribution in [3.8, 4) is 5.75 Å². The Morgan fingerprint density at radius 1 is 1.44 bits per heavy atom. The van der Waals surface area contributed by atoms with Crippen LogP contribution in [-0.4, -0.2) is 24.6 Å². The van der Waals surface area contributed by atoms with Gasteiger partial charge in [0.25, 0.3) is 5.91 Å². The SMILES string of the molecule is COC(=O)c1cc(Br)c2c(c1)NC(=O)C(C)(C)O2. The van der Waals surface area contributed by atoms with Crippen molar-refractivity contribution < 1.29 is 19.1 Å². The van der Waals surface area contributed by atoms with Gasteiger partial charge in [-0.2, -0.15) is 0 Å². The third kappa shape index (κ3) is 2.08. The number of benzene rings is 1. The predicted molar refractivity (Wildman–Crippen MR) is 68.8 cm³/mol. The molecule has 0 saturated carbocycles. The smallest absolute Gasteiger partial charge is 0.337 e. The van der Waals surface area contributed by atoms with Crippen LogP contribution in [0.25, 0.3) is 0 Å². The molecule has 2 rings (SSSR count). The van der Waals surface area contributed by atoms with E-state index < -0.39 is 11.6 Å². The van der Waals surface area contributed by atoms with E-state index >= 15 is 0 Å². The molecule has 0 radical (unpaired) electrons. The Morgan fingerprint density at radius 2 is 2.11 bits per heavy atom. The summed E-state index contributed by atoms with van der Waals surface area (Å²) in [5.41, 5.74) is -0.150. The van der Waals surface area contributed by atoms with Gasteiger partial charge >= 0.3 is 5.97 Å². The average molecular weight is 314 g/mol. The molecule has 0 bridgehead atoms. The Kier molecular flexibility index (Phi) is 3.06. The molecule has 0 saturated heterocycles. The summed E-state index contributed by atoms with van der Waals surface area (Å²) in [7, 11) is 1.30. The van der Waals surface area contributed by atoms with Crippen molar-refractivity contribution in [1.82, 2.24) is 0 Å². The van der Waals surface area contributed by atoms with E-state index in [1.807, 2.05) is 0 Å². The molecule has 1 aromatic rings. The minimum absolute atomic E-state index is 0.260. The van der Waals surface area contributed by atoms with Crippen LogP contribution in [0.5, 0.6) is 5.75 Å². The fraction of sp³-hybridized carbons (Fsp3) is 0.333. The first-order valence-corrected chi connectivity index (χ1v) is 6.07. The van der Waals surface area contributed by atoms with Crippen LogP contribution in [0, 0.1) is 0 Å². The quantitative estimate of drug-likeness (QED) is 0.808. The number of hydrogen-bond acceptors (Lipinski definition) is 4. The predicted octanol–water partition coefficient (Wildman–Crippen LogP) is 2.35. The van der Waals surface area contributed by atoms with E-state index in [0.717, 1.165) is 0 Å². The summed E-state index contributed by atoms with van der Waals surface area (Å²) in [5, 5.41) is 2.71. The van der Waals surface area contributed by atoms with Crippen LogP contribution in [0.15, 0.2) is 16.6 Å². The van der Waals surface area contributed by atoms with Gasteiger partial charge in [-0.15, -0.1) is 0 Å². The highest BCUT2D eigenvalue weighted by Crippen LogP contribution is 2.40. The summed E-state index contributed by atoms with van der Waals surface area (Å²) in [5.74, 6) is -0.228. The number of carbonyl (C=O) groups is 2. The first kappa shape index (κ1) is 12.9. The summed E-state index contributed by atoms with van der Waals surface area (Å²) in [4.78, 5) is 23.2. The molecular formula is C12H12BrNO4. The van der Waals surface area contributed by atoms with Gasteiger partial charge in [-0.3, -0.25) is 4.79 Å². The number of halogens is 1. The van der Waals surface area contributed by atoms with E-state index in [0.29, 0.717) is 21.5 Å². The molecule has 0 aromatic heterocycles. The number of nitrogens with one attached hydrogen (secondary N) is 1. The molecule has 18 heavy (non-hydrogen) atoms. The van der Waals surface area contributed by atoms with E-state index in [4.69, 9.17) is 4.74 Å². The van der Waals surface area contributed by atoms with Crippen LogP contribution in [0.2, 0.25) is 0 Å². The summed E-state index contributed by atoms with van der Waals surface area (Å²) in [6.45, 7) is 3.35. The van der Waals surface area contributed by atoms with Crippen LogP contribution in [-0.2, 0) is 9.53 Å². The molecule has 0 spiro atoms. The van der Waals surface area contributed by atoms with Gasteiger partial charge in [-0.1, -0.05) is 0 Å². The van der Waals surface area contributed by atoms with Crippen molar-refractivity contribution in [2.45, 2.75) is 19.4 Å². The van der Waals surface area contributed by atoms with Crippen molar-refractivity contribution in [2.75, 3.05) is 12.4 Å². The fourth-order valence-electron chi connectivity index (χ4n) is 1.60. The topological polar surface area (TPSA) is 64.6 Å². The number of rotatable bonds is 1. The van der Waals surface area contributed by atoms with Crippen LogP contribution in [0.4, 0.5) is 5.69 Å². The number of methoxy groups -OCH3 is 1. The molecule has 1 aromatic carbocycles. The molecule has 1 amide bonds. The summed E-state index contributed by atoms with van der Waals surface area (Å²) in [6.07, 6.45) is 0. The van der Waals surface area contributed by atoms with Gasteiger partial charge in [0.1, 0.15) is 0 Å². The highest BCUT2D eigenvalue weighted by molar-refractivity contribution is 9.10. The lowest BCUT2D eigenvalue weighted by Gasteiger charge is -2.32. The third-order valence-corrected chi connectivity index (χ3v) is 3.21. The Hall–Kier alpha value is -1.56. The second-order valence-electron chi connectivity index (χ2n) is 4.39. The zero-order valence-electron chi connectivity index (χ0n) is 10.2. The van der Waals surface area contributed by atoms with Gasteiger partial charge in [-0.25, -0.2) is 4.79 Å². The maximum absolute atomic E-state index is 11.8. The Bertz CT molecular complexity index is 539. The summed E-state index contributed by atoms with van der Waals surface area (Å²) < 4.78 is 10.8. The molecule has 1 aliphatic heterocycles. The molecule has 6 heteroatoms. The molecule has 0 unspecified atom stereocenters. The first-order chi connectivity index (χ1) is 8.35. The van der Waals surface area contributed by atoms with E-state index in [-0.39, 0.29) is 5.91 Å². The average Bonchev–Trinajstić information content (AvgIpc) is 2.30. The molecular weight excluding hydrogens is 302 g/mol. The Morgan fingerprint density at radius 3 is 2.72 bits per heavy atom. The van der Waals surface area contributed by atoms with Crippen molar-refractivity contribution in [3.63, 3.8) is 0 Å². The molecule has 1 heterocycles. The number of amides is 1. The fourth-order valence-corrected chi connectivity index (χ4v) is 2.14. The normalized spacial score (nSPS) is 16.3. The Labute approximate surface area is 113 Å². The molecule has 0 atom stereocenters. The number of carbonyl (C=O) groups excluding carboxylic acids is 2. The van der Waals surface area contributed by atoms with Gasteiger partial charge in [0, 0.05) is 0 Å². The van der Waals surface area contributed by atoms with Gasteiger partial charge in [-0.05, 0) is 41.9 Å². The minimum atomic E-state index is -0.942. The minimum Gasteiger partial charge on any atom is -0.475 e. The number of anilines is 1. The number of fused-ring (bicyclic) bond motifs is 1. The first-order valence-electron chi connectivity index (χ1n) is 5.27. The lowest BCUT2D eigenvalue weighted by Crippen LogP contribution is -2.45. The standard InChI is InChI=1S/C12H12BrNO4/c1-12(2)11(16)14-8-5-6(10(15)17-3)4-7(13)9(8)18-12/h4-5H,1-3H3,(H,14,16). The highest BCUT2D eigenvalue weighted by Gasteiger charge is 2.36. The monoisotopic (exact) mass is 313 g/mol. The van der Waals surface area contributed by atoms with E-state index in [9.17, 15) is 9.59 Å². The summed E-state index contributed by atoms with van der Waals surface area (Å²) in [6, 6.07) is 3.12. The molecule has 0 aliphatic carbocycles. The Balaban J connectivity index is 2.50. The van der Waals surface area contributed by atoms with Crippen molar-refractivity contribution >= 4 is 33.5 Å². The third-order valence-electron chi connectivity index (χ3n) is 2.62. The van der Waals surface area contributed by atoms with Crippen molar-refractivity contribution in [2.24, 2.45) is 0 Å². The van der Waals surface area contributed by atoms with Gasteiger partial charge in [0.15, 0.2) is 11.4 Å². The van der Waals surface area contributed by atoms with E-state index in [1.54, 1.807) is 19.9 Å². The molecule has 1 N–H and O–H groups in total. The van der Waals surface area contributed by atoms with Crippen LogP contribution in [0.1, 0.15) is 24.2 Å². The molecule has 96 valence electrons. The second-order valence-corrected chi connectivity index (χ2v) is 5.25. The van der Waals surface area contributed by atoms with Crippen molar-refractivity contribution in [1.29, 1.82) is 0 Å². The van der Waals surface area contributed by atoms with E-state index in [1.165, 1.54) is 13.2 Å². The lowest BCUT2D eigenvalue weighted by molar-refractivity contribution is -0.129. The number of esters is 1. The van der Waals surface area contributed by atoms with Crippen LogP contribution in [0.3, 0.4) is 0 Å². The second kappa shape index (κ2) is 4.28. The number of ether oxygens (including phenoxy) is 2. The maximum atomic E-state index is 11.8. The summed E-state index contributed by atoms with van der Waals surface area (Å²) >= 11 is 3.32. The largest absolute Gasteiger partial charge is 0.475 e. The molecule has 1 aliphatic rings. The highest BCUT2D eigenvalue weighted by atomic mass is 79.9. The zero-order chi connectivity index (χ0) is 13.5. The number of hydrogen-bond donors (Lipinski definition) is 1. The van der Waals surface area contributed by atoms with Gasteiger partial charge in [0.05, 0.1) is 22.8 Å². The zero-order valence-corrected chi connectivity index (χ0v) is 11.8. The van der Waals surface area contributed by atoms with Gasteiger partial charge < -0.3 is 14.8 Å². The molecule has 5 nitrogen and oxygen atoms in total. The van der Waals surface area contributed by atoms with Crippen molar-refractivity contribution in [3.05, 3.63) is 22.2 Å². The van der Waals surface area contributed by atoms with Gasteiger partial charge in [0.2, 0.25) is 0 Å². The van der Waals surface area contributed by atoms with Crippen LogP contribution < -0.4 is 10.1 Å². The van der Waals surface area contributed by atoms with E-state index in [2.05, 4.69) is 26.0 Å².